The summed E-state index contributed by atoms with van der Waals surface area (Å²) in [5.74, 6) is 0. The Morgan fingerprint density at radius 3 is 2.11 bits per heavy atom. The van der Waals surface area contributed by atoms with Crippen molar-refractivity contribution >= 4 is 24.8 Å². The van der Waals surface area contributed by atoms with E-state index in [1.807, 2.05) is 12.1 Å². The van der Waals surface area contributed by atoms with E-state index in [4.69, 9.17) is 4.43 Å². The molecule has 6 heteroatoms. The number of benzene rings is 2. The maximum absolute atomic E-state index is 11.4. The van der Waals surface area contributed by atoms with Gasteiger partial charge in [0.2, 0.25) is 0 Å². The fourth-order valence-electron chi connectivity index (χ4n) is 4.10. The summed E-state index contributed by atoms with van der Waals surface area (Å²) < 4.78 is 6.89. The highest BCUT2D eigenvalue weighted by Crippen LogP contribution is 2.36. The van der Waals surface area contributed by atoms with Gasteiger partial charge >= 0.3 is 6.09 Å². The van der Waals surface area contributed by atoms with Gasteiger partial charge in [-0.05, 0) is 15.4 Å². The lowest BCUT2D eigenvalue weighted by Gasteiger charge is -2.44. The van der Waals surface area contributed by atoms with Crippen molar-refractivity contribution in [3.63, 3.8) is 0 Å². The third-order valence-electron chi connectivity index (χ3n) is 5.44. The summed E-state index contributed by atoms with van der Waals surface area (Å²) in [7, 11) is -2.59. The van der Waals surface area contributed by atoms with Crippen LogP contribution in [0.1, 0.15) is 20.8 Å². The van der Waals surface area contributed by atoms with E-state index in [2.05, 4.69) is 74.6 Å². The maximum Gasteiger partial charge on any atom is 0.407 e. The van der Waals surface area contributed by atoms with E-state index in [1.54, 1.807) is 0 Å². The summed E-state index contributed by atoms with van der Waals surface area (Å²) in [5, 5.41) is 15.1. The minimum atomic E-state index is -2.59. The molecule has 2 aromatic rings. The SMILES string of the molecule is CC(C)(C)[Si](OCC1CN(C(=O)O)CCN1)(c1ccccc1)c1ccccc1. The lowest BCUT2D eigenvalue weighted by atomic mass is 10.2. The number of carboxylic acid groups (broad SMARTS) is 1. The average molecular weight is 399 g/mol. The first-order chi connectivity index (χ1) is 13.3. The molecule has 0 aromatic heterocycles. The number of piperazine rings is 1. The van der Waals surface area contributed by atoms with Crippen LogP contribution in [0.15, 0.2) is 60.7 Å². The van der Waals surface area contributed by atoms with E-state index in [1.165, 1.54) is 15.3 Å². The van der Waals surface area contributed by atoms with Gasteiger partial charge in [-0.25, -0.2) is 4.79 Å². The number of nitrogens with one attached hydrogen (secondary N) is 1. The molecule has 1 aliphatic heterocycles. The Morgan fingerprint density at radius 1 is 1.11 bits per heavy atom. The maximum atomic E-state index is 11.4. The minimum Gasteiger partial charge on any atom is -0.465 e. The van der Waals surface area contributed by atoms with Crippen molar-refractivity contribution in [3.8, 4) is 0 Å². The van der Waals surface area contributed by atoms with Gasteiger partial charge in [-0.3, -0.25) is 0 Å². The molecular weight excluding hydrogens is 368 g/mol. The van der Waals surface area contributed by atoms with E-state index in [0.717, 1.165) is 0 Å². The molecule has 1 fully saturated rings. The van der Waals surface area contributed by atoms with Crippen LogP contribution in [0, 0.1) is 0 Å². The molecule has 1 saturated heterocycles. The molecule has 2 N–H and O–H groups in total. The molecule has 0 radical (unpaired) electrons. The molecule has 0 saturated carbocycles. The van der Waals surface area contributed by atoms with Crippen LogP contribution in [0.4, 0.5) is 4.79 Å². The van der Waals surface area contributed by atoms with Crippen molar-refractivity contribution < 1.29 is 14.3 Å². The third kappa shape index (κ3) is 4.14. The van der Waals surface area contributed by atoms with E-state index in [-0.39, 0.29) is 11.1 Å². The highest BCUT2D eigenvalue weighted by molar-refractivity contribution is 6.99. The smallest absolute Gasteiger partial charge is 0.407 e. The van der Waals surface area contributed by atoms with E-state index < -0.39 is 14.4 Å². The second-order valence-corrected chi connectivity index (χ2v) is 12.7. The molecular formula is C22H30N2O3Si. The monoisotopic (exact) mass is 398 g/mol. The predicted octanol–water partition coefficient (Wildman–Crippen LogP) is 2.51. The molecule has 0 spiro atoms. The van der Waals surface area contributed by atoms with Crippen LogP contribution in [0.2, 0.25) is 5.04 Å². The van der Waals surface area contributed by atoms with E-state index in [0.29, 0.717) is 26.2 Å². The van der Waals surface area contributed by atoms with Crippen molar-refractivity contribution in [1.82, 2.24) is 10.2 Å². The molecule has 0 aliphatic carbocycles. The Bertz CT molecular complexity index is 738. The van der Waals surface area contributed by atoms with Crippen molar-refractivity contribution in [2.75, 3.05) is 26.2 Å². The molecule has 1 heterocycles. The standard InChI is InChI=1S/C22H30N2O3Si/c1-22(2,3)28(19-10-6-4-7-11-19,20-12-8-5-9-13-20)27-17-18-16-24(21(25)26)15-14-23-18/h4-13,18,23H,14-17H2,1-3H3,(H,25,26). The van der Waals surface area contributed by atoms with Gasteiger partial charge < -0.3 is 19.7 Å². The molecule has 1 atom stereocenters. The summed E-state index contributed by atoms with van der Waals surface area (Å²) >= 11 is 0. The molecule has 1 aliphatic rings. The topological polar surface area (TPSA) is 61.8 Å². The number of carbonyl (C=O) groups is 1. The Hall–Kier alpha value is -2.15. The summed E-state index contributed by atoms with van der Waals surface area (Å²) in [6.45, 7) is 8.85. The molecule has 150 valence electrons. The largest absolute Gasteiger partial charge is 0.465 e. The van der Waals surface area contributed by atoms with Crippen LogP contribution in [0.25, 0.3) is 0 Å². The Kier molecular flexibility index (Phi) is 6.22. The molecule has 2 aromatic carbocycles. The highest BCUT2D eigenvalue weighted by Gasteiger charge is 2.50. The Labute approximate surface area is 168 Å². The summed E-state index contributed by atoms with van der Waals surface area (Å²) in [6.07, 6.45) is -0.864. The van der Waals surface area contributed by atoms with Gasteiger partial charge in [0, 0.05) is 25.7 Å². The van der Waals surface area contributed by atoms with Gasteiger partial charge in [0.15, 0.2) is 0 Å². The second kappa shape index (κ2) is 8.47. The van der Waals surface area contributed by atoms with Crippen LogP contribution in [0.3, 0.4) is 0 Å². The molecule has 0 bridgehead atoms. The van der Waals surface area contributed by atoms with Crippen LogP contribution < -0.4 is 15.7 Å². The summed E-state index contributed by atoms with van der Waals surface area (Å²) in [5.41, 5.74) is 0. The van der Waals surface area contributed by atoms with Crippen LogP contribution in [0.5, 0.6) is 0 Å². The zero-order chi connectivity index (χ0) is 20.2. The minimum absolute atomic E-state index is 0.00787. The van der Waals surface area contributed by atoms with Gasteiger partial charge in [-0.1, -0.05) is 81.4 Å². The summed E-state index contributed by atoms with van der Waals surface area (Å²) in [6, 6.07) is 21.0. The molecule has 3 rings (SSSR count). The molecule has 28 heavy (non-hydrogen) atoms. The van der Waals surface area contributed by atoms with Crippen molar-refractivity contribution in [2.45, 2.75) is 31.9 Å². The Balaban J connectivity index is 1.96. The van der Waals surface area contributed by atoms with E-state index in [9.17, 15) is 9.90 Å². The first-order valence-corrected chi connectivity index (χ1v) is 11.7. The number of rotatable bonds is 5. The predicted molar refractivity (Wildman–Crippen MR) is 115 cm³/mol. The molecule has 1 amide bonds. The number of hydrogen-bond donors (Lipinski definition) is 2. The fourth-order valence-corrected chi connectivity index (χ4v) is 8.70. The highest BCUT2D eigenvalue weighted by atomic mass is 28.4. The number of nitrogens with zero attached hydrogens (tertiary/aromatic N) is 1. The van der Waals surface area contributed by atoms with Gasteiger partial charge in [-0.2, -0.15) is 0 Å². The third-order valence-corrected chi connectivity index (χ3v) is 10.4. The van der Waals surface area contributed by atoms with Crippen molar-refractivity contribution in [3.05, 3.63) is 60.7 Å². The zero-order valence-corrected chi connectivity index (χ0v) is 17.9. The fraction of sp³-hybridized carbons (Fsp3) is 0.409. The Morgan fingerprint density at radius 2 is 1.64 bits per heavy atom. The first-order valence-electron chi connectivity index (χ1n) is 9.81. The van der Waals surface area contributed by atoms with Gasteiger partial charge in [-0.15, -0.1) is 0 Å². The average Bonchev–Trinajstić information content (AvgIpc) is 2.69. The second-order valence-electron chi connectivity index (χ2n) is 8.35. The van der Waals surface area contributed by atoms with Crippen LogP contribution in [-0.4, -0.2) is 56.7 Å². The first kappa shape index (κ1) is 20.6. The lowest BCUT2D eigenvalue weighted by molar-refractivity contribution is 0.117. The lowest BCUT2D eigenvalue weighted by Crippen LogP contribution is -2.68. The van der Waals surface area contributed by atoms with Gasteiger partial charge in [0.25, 0.3) is 8.32 Å². The summed E-state index contributed by atoms with van der Waals surface area (Å²) in [4.78, 5) is 12.8. The van der Waals surface area contributed by atoms with Crippen molar-refractivity contribution in [1.29, 1.82) is 0 Å². The van der Waals surface area contributed by atoms with Crippen LogP contribution >= 0.6 is 0 Å². The number of hydrogen-bond acceptors (Lipinski definition) is 3. The normalized spacial score (nSPS) is 18.1. The zero-order valence-electron chi connectivity index (χ0n) is 16.9. The number of amides is 1. The van der Waals surface area contributed by atoms with Crippen molar-refractivity contribution in [2.24, 2.45) is 0 Å². The van der Waals surface area contributed by atoms with Crippen LogP contribution in [-0.2, 0) is 4.43 Å². The quantitative estimate of drug-likeness (QED) is 0.760. The molecule has 1 unspecified atom stereocenters. The van der Waals surface area contributed by atoms with E-state index >= 15 is 0 Å². The molecule has 5 nitrogen and oxygen atoms in total. The van der Waals surface area contributed by atoms with Gasteiger partial charge in [0.05, 0.1) is 6.61 Å². The van der Waals surface area contributed by atoms with Gasteiger partial charge in [0.1, 0.15) is 0 Å².